The first-order chi connectivity index (χ1) is 14.7. The molecule has 30 heavy (non-hydrogen) atoms. The van der Waals surface area contributed by atoms with E-state index in [1.807, 2.05) is 0 Å². The van der Waals surface area contributed by atoms with Crippen LogP contribution < -0.4 is 20.3 Å². The van der Waals surface area contributed by atoms with Crippen LogP contribution in [0.2, 0.25) is 0 Å². The van der Waals surface area contributed by atoms with Gasteiger partial charge in [0.2, 0.25) is 17.8 Å². The van der Waals surface area contributed by atoms with Crippen molar-refractivity contribution in [2.45, 2.75) is 38.5 Å². The first-order valence-corrected chi connectivity index (χ1v) is 10.6. The molecule has 0 unspecified atom stereocenters. The molecule has 0 amide bonds. The molecule has 9 nitrogen and oxygen atoms in total. The van der Waals surface area contributed by atoms with E-state index in [2.05, 4.69) is 30.3 Å². The Morgan fingerprint density at radius 1 is 0.900 bits per heavy atom. The first-order valence-electron chi connectivity index (χ1n) is 10.6. The largest absolute Gasteiger partial charge is 0.545 e. The van der Waals surface area contributed by atoms with E-state index in [0.717, 1.165) is 51.9 Å². The maximum absolute atomic E-state index is 11.3. The summed E-state index contributed by atoms with van der Waals surface area (Å²) < 4.78 is 0. The second kappa shape index (κ2) is 9.51. The quantitative estimate of drug-likeness (QED) is 0.568. The van der Waals surface area contributed by atoms with Crippen LogP contribution in [-0.4, -0.2) is 53.3 Å². The van der Waals surface area contributed by atoms with Crippen LogP contribution in [0.3, 0.4) is 0 Å². The number of carbonyl (C=O) groups is 1. The molecule has 0 radical (unpaired) electrons. The van der Waals surface area contributed by atoms with E-state index < -0.39 is 5.97 Å². The minimum absolute atomic E-state index is 0.0849. The van der Waals surface area contributed by atoms with Crippen molar-refractivity contribution >= 4 is 30.0 Å². The average molecular weight is 408 g/mol. The molecule has 2 aliphatic rings. The smallest absolute Gasteiger partial charge is 0.250 e. The van der Waals surface area contributed by atoms with Crippen molar-refractivity contribution in [1.82, 2.24) is 15.0 Å². The van der Waals surface area contributed by atoms with Crippen LogP contribution in [0, 0.1) is 0 Å². The van der Waals surface area contributed by atoms with Gasteiger partial charge < -0.3 is 19.7 Å². The molecule has 158 valence electrons. The maximum Gasteiger partial charge on any atom is 0.250 e. The second-order valence-corrected chi connectivity index (χ2v) is 7.60. The predicted octanol–water partition coefficient (Wildman–Crippen LogP) is 1.66. The summed E-state index contributed by atoms with van der Waals surface area (Å²) in [7, 11) is 0. The van der Waals surface area contributed by atoms with Crippen LogP contribution in [0.5, 0.6) is 0 Å². The molecule has 0 atom stereocenters. The third-order valence-electron chi connectivity index (χ3n) is 5.44. The number of hydrogen-bond donors (Lipinski definition) is 1. The summed E-state index contributed by atoms with van der Waals surface area (Å²) in [4.78, 5) is 29.5. The van der Waals surface area contributed by atoms with Crippen molar-refractivity contribution < 1.29 is 9.90 Å². The van der Waals surface area contributed by atoms with Gasteiger partial charge in [-0.25, -0.2) is 5.43 Å². The van der Waals surface area contributed by atoms with Crippen LogP contribution in [0.25, 0.3) is 0 Å². The van der Waals surface area contributed by atoms with Gasteiger partial charge >= 0.3 is 0 Å². The molecule has 2 saturated heterocycles. The molecule has 2 aromatic rings. The summed E-state index contributed by atoms with van der Waals surface area (Å²) >= 11 is 0. The lowest BCUT2D eigenvalue weighted by Gasteiger charge is -2.30. The molecule has 0 bridgehead atoms. The third kappa shape index (κ3) is 4.84. The van der Waals surface area contributed by atoms with Gasteiger partial charge in [-0.3, -0.25) is 0 Å². The number of aromatic carboxylic acids is 1. The standard InChI is InChI=1S/C21H27N7O2/c29-18(30)17-10-4-3-9-16(17)15-22-26-19-23-20(27-11-5-1-6-12-27)25-21(24-19)28-13-7-2-8-14-28/h3-4,9-10,15H,1-2,5-8,11-14H2,(H,29,30)(H,23,24,25,26)/p-1/b22-15-. The van der Waals surface area contributed by atoms with Crippen molar-refractivity contribution in [2.75, 3.05) is 41.4 Å². The van der Waals surface area contributed by atoms with Crippen LogP contribution in [0.4, 0.5) is 17.8 Å². The second-order valence-electron chi connectivity index (χ2n) is 7.60. The molecular weight excluding hydrogens is 382 g/mol. The van der Waals surface area contributed by atoms with Gasteiger partial charge in [-0.15, -0.1) is 0 Å². The van der Waals surface area contributed by atoms with E-state index in [1.54, 1.807) is 18.2 Å². The van der Waals surface area contributed by atoms with Gasteiger partial charge in [0.05, 0.1) is 12.2 Å². The van der Waals surface area contributed by atoms with E-state index >= 15 is 0 Å². The summed E-state index contributed by atoms with van der Waals surface area (Å²) in [5.74, 6) is 0.446. The van der Waals surface area contributed by atoms with Crippen molar-refractivity contribution in [2.24, 2.45) is 5.10 Å². The van der Waals surface area contributed by atoms with Gasteiger partial charge in [-0.1, -0.05) is 24.3 Å². The Balaban J connectivity index is 1.57. The lowest BCUT2D eigenvalue weighted by atomic mass is 10.1. The Labute approximate surface area is 175 Å². The molecule has 0 spiro atoms. The number of benzene rings is 1. The highest BCUT2D eigenvalue weighted by Gasteiger charge is 2.20. The number of carboxylic acids is 1. The van der Waals surface area contributed by atoms with Gasteiger partial charge in [0, 0.05) is 37.3 Å². The fraction of sp³-hybridized carbons (Fsp3) is 0.476. The highest BCUT2D eigenvalue weighted by molar-refractivity contribution is 5.97. The van der Waals surface area contributed by atoms with E-state index in [-0.39, 0.29) is 5.56 Å². The fourth-order valence-electron chi connectivity index (χ4n) is 3.83. The summed E-state index contributed by atoms with van der Waals surface area (Å²) in [6.07, 6.45) is 8.42. The van der Waals surface area contributed by atoms with E-state index in [1.165, 1.54) is 25.1 Å². The molecule has 0 saturated carbocycles. The molecule has 3 heterocycles. The highest BCUT2D eigenvalue weighted by Crippen LogP contribution is 2.22. The SMILES string of the molecule is O=C([O-])c1ccccc1/C=N\Nc1nc(N2CCCCC2)nc(N2CCCCC2)n1. The van der Waals surface area contributed by atoms with Gasteiger partial charge in [-0.05, 0) is 38.5 Å². The van der Waals surface area contributed by atoms with Crippen molar-refractivity contribution in [3.05, 3.63) is 35.4 Å². The normalized spacial score (nSPS) is 17.3. The van der Waals surface area contributed by atoms with Crippen LogP contribution >= 0.6 is 0 Å². The summed E-state index contributed by atoms with van der Waals surface area (Å²) in [6, 6.07) is 6.56. The number of hydrogen-bond acceptors (Lipinski definition) is 9. The maximum atomic E-state index is 11.3. The Hall–Kier alpha value is -3.23. The molecule has 0 aliphatic carbocycles. The molecule has 4 rings (SSSR count). The number of anilines is 3. The van der Waals surface area contributed by atoms with Crippen molar-refractivity contribution in [3.63, 3.8) is 0 Å². The van der Waals surface area contributed by atoms with E-state index in [0.29, 0.717) is 23.4 Å². The minimum atomic E-state index is -1.24. The number of piperidine rings is 2. The molecule has 1 aromatic heterocycles. The molecule has 9 heteroatoms. The van der Waals surface area contributed by atoms with E-state index in [9.17, 15) is 9.90 Å². The number of rotatable bonds is 6. The Bertz CT molecular complexity index is 870. The zero-order valence-corrected chi connectivity index (χ0v) is 17.0. The summed E-state index contributed by atoms with van der Waals surface area (Å²) in [5.41, 5.74) is 3.39. The molecule has 1 aromatic carbocycles. The first kappa shape index (κ1) is 20.1. The Kier molecular flexibility index (Phi) is 6.36. The minimum Gasteiger partial charge on any atom is -0.545 e. The predicted molar refractivity (Wildman–Crippen MR) is 114 cm³/mol. The number of carbonyl (C=O) groups excluding carboxylic acids is 1. The summed E-state index contributed by atoms with van der Waals surface area (Å²) in [6.45, 7) is 3.74. The molecule has 2 aliphatic heterocycles. The third-order valence-corrected chi connectivity index (χ3v) is 5.44. The van der Waals surface area contributed by atoms with E-state index in [4.69, 9.17) is 4.98 Å². The number of hydrazone groups is 1. The zero-order chi connectivity index (χ0) is 20.8. The molecular formula is C21H26N7O2-. The topological polar surface area (TPSA) is 110 Å². The molecule has 1 N–H and O–H groups in total. The van der Waals surface area contributed by atoms with Crippen molar-refractivity contribution in [3.8, 4) is 0 Å². The van der Waals surface area contributed by atoms with Crippen LogP contribution in [0.15, 0.2) is 29.4 Å². The van der Waals surface area contributed by atoms with Gasteiger partial charge in [0.1, 0.15) is 0 Å². The number of carboxylic acid groups (broad SMARTS) is 1. The number of aromatic nitrogens is 3. The number of nitrogens with one attached hydrogen (secondary N) is 1. The van der Waals surface area contributed by atoms with Gasteiger partial charge in [0.25, 0.3) is 0 Å². The monoisotopic (exact) mass is 408 g/mol. The summed E-state index contributed by atoms with van der Waals surface area (Å²) in [5, 5.41) is 15.4. The van der Waals surface area contributed by atoms with Crippen molar-refractivity contribution in [1.29, 1.82) is 0 Å². The average Bonchev–Trinajstić information content (AvgIpc) is 2.80. The fourth-order valence-corrected chi connectivity index (χ4v) is 3.83. The number of nitrogens with zero attached hydrogens (tertiary/aromatic N) is 6. The molecule has 2 fully saturated rings. The zero-order valence-electron chi connectivity index (χ0n) is 17.0. The van der Waals surface area contributed by atoms with Crippen LogP contribution in [-0.2, 0) is 0 Å². The lowest BCUT2D eigenvalue weighted by Crippen LogP contribution is -2.34. The van der Waals surface area contributed by atoms with Gasteiger partial charge in [-0.2, -0.15) is 20.1 Å². The lowest BCUT2D eigenvalue weighted by molar-refractivity contribution is -0.255. The van der Waals surface area contributed by atoms with Crippen LogP contribution in [0.1, 0.15) is 54.4 Å². The Morgan fingerprint density at radius 3 is 2.03 bits per heavy atom. The Morgan fingerprint density at radius 2 is 1.47 bits per heavy atom. The highest BCUT2D eigenvalue weighted by atomic mass is 16.4. The van der Waals surface area contributed by atoms with Gasteiger partial charge in [0.15, 0.2) is 0 Å².